The molecule has 0 aliphatic rings. The number of nitrogens with zero attached hydrogens (tertiary/aromatic N) is 4. The summed E-state index contributed by atoms with van der Waals surface area (Å²) in [6.45, 7) is 10.7. The number of aromatic nitrogens is 4. The summed E-state index contributed by atoms with van der Waals surface area (Å²) >= 11 is 0. The third-order valence-corrected chi connectivity index (χ3v) is 9.67. The quantitative estimate of drug-likeness (QED) is 0.142. The fraction of sp³-hybridized carbons (Fsp3) is 0.106. The molecule has 8 rings (SSSR count). The van der Waals surface area contributed by atoms with Crippen LogP contribution in [0.1, 0.15) is 44.2 Å². The molecule has 0 saturated heterocycles. The molecular formula is C47H38N4O2. The Hall–Kier alpha value is -6.66. The molecule has 8 aromatic rings. The predicted molar refractivity (Wildman–Crippen MR) is 214 cm³/mol. The Morgan fingerprint density at radius 3 is 0.925 bits per heavy atom. The van der Waals surface area contributed by atoms with Gasteiger partial charge in [-0.2, -0.15) is 0 Å². The van der Waals surface area contributed by atoms with Crippen molar-refractivity contribution >= 4 is 5.57 Å². The summed E-state index contributed by atoms with van der Waals surface area (Å²) in [6, 6.07) is 49.8. The van der Waals surface area contributed by atoms with E-state index in [2.05, 4.69) is 145 Å². The van der Waals surface area contributed by atoms with E-state index in [-0.39, 0.29) is 0 Å². The van der Waals surface area contributed by atoms with Crippen LogP contribution >= 0.6 is 0 Å². The molecule has 2 heterocycles. The Morgan fingerprint density at radius 2 is 0.660 bits per heavy atom. The van der Waals surface area contributed by atoms with Crippen LogP contribution in [0.4, 0.5) is 0 Å². The average Bonchev–Trinajstić information content (AvgIpc) is 3.93. The van der Waals surface area contributed by atoms with Gasteiger partial charge in [-0.1, -0.05) is 124 Å². The zero-order valence-corrected chi connectivity index (χ0v) is 30.0. The van der Waals surface area contributed by atoms with E-state index in [9.17, 15) is 0 Å². The van der Waals surface area contributed by atoms with Crippen molar-refractivity contribution in [2.24, 2.45) is 0 Å². The van der Waals surface area contributed by atoms with E-state index >= 15 is 0 Å². The van der Waals surface area contributed by atoms with Crippen LogP contribution in [0.5, 0.6) is 0 Å². The highest BCUT2D eigenvalue weighted by atomic mass is 16.4. The average molecular weight is 691 g/mol. The highest BCUT2D eigenvalue weighted by Crippen LogP contribution is 2.32. The van der Waals surface area contributed by atoms with Gasteiger partial charge in [-0.15, -0.1) is 20.4 Å². The number of allylic oxidation sites excluding steroid dienone is 1. The zero-order chi connectivity index (χ0) is 36.3. The molecule has 53 heavy (non-hydrogen) atoms. The Kier molecular flexibility index (Phi) is 9.18. The summed E-state index contributed by atoms with van der Waals surface area (Å²) in [6.07, 6.45) is 0.940. The van der Waals surface area contributed by atoms with Crippen molar-refractivity contribution in [2.45, 2.75) is 33.1 Å². The standard InChI is InChI=1S/C47H38N4O2/c1-5-31(4)33-8-12-35(13-9-33)37-16-24-41(25-17-37)45-49-51-47(53-45)43-28-20-39(21-29-43)38-18-26-42(27-19-38)46-50-48-44(52-46)40-22-14-36(15-23-40)34-10-6-32(7-11-34)30(2)3/h6-30H,4-5H2,1-3H3. The second kappa shape index (κ2) is 14.5. The maximum absolute atomic E-state index is 6.08. The molecule has 258 valence electrons. The van der Waals surface area contributed by atoms with Crippen LogP contribution in [0.2, 0.25) is 0 Å². The summed E-state index contributed by atoms with van der Waals surface area (Å²) in [5.74, 6) is 2.43. The molecule has 0 aliphatic heterocycles. The first-order valence-electron chi connectivity index (χ1n) is 17.9. The van der Waals surface area contributed by atoms with Crippen LogP contribution in [0.15, 0.2) is 161 Å². The Morgan fingerprint density at radius 1 is 0.415 bits per heavy atom. The zero-order valence-electron chi connectivity index (χ0n) is 30.0. The van der Waals surface area contributed by atoms with Crippen LogP contribution in [-0.2, 0) is 0 Å². The van der Waals surface area contributed by atoms with Crippen molar-refractivity contribution in [3.63, 3.8) is 0 Å². The first-order chi connectivity index (χ1) is 25.9. The van der Waals surface area contributed by atoms with Crippen molar-refractivity contribution < 1.29 is 8.83 Å². The minimum Gasteiger partial charge on any atom is -0.416 e. The molecule has 6 aromatic carbocycles. The van der Waals surface area contributed by atoms with Crippen LogP contribution in [0.25, 0.3) is 84.8 Å². The summed E-state index contributed by atoms with van der Waals surface area (Å²) in [4.78, 5) is 0. The summed E-state index contributed by atoms with van der Waals surface area (Å²) < 4.78 is 12.2. The number of hydrogen-bond donors (Lipinski definition) is 0. The summed E-state index contributed by atoms with van der Waals surface area (Å²) in [5, 5.41) is 17.3. The van der Waals surface area contributed by atoms with E-state index < -0.39 is 0 Å². The molecule has 2 aromatic heterocycles. The largest absolute Gasteiger partial charge is 0.416 e. The number of hydrogen-bond acceptors (Lipinski definition) is 6. The van der Waals surface area contributed by atoms with E-state index in [0.29, 0.717) is 29.5 Å². The third-order valence-electron chi connectivity index (χ3n) is 9.67. The highest BCUT2D eigenvalue weighted by Gasteiger charge is 2.14. The molecule has 0 saturated carbocycles. The fourth-order valence-electron chi connectivity index (χ4n) is 6.30. The monoisotopic (exact) mass is 690 g/mol. The van der Waals surface area contributed by atoms with Crippen LogP contribution in [-0.4, -0.2) is 20.4 Å². The summed E-state index contributed by atoms with van der Waals surface area (Å²) in [5.41, 5.74) is 13.8. The first-order valence-corrected chi connectivity index (χ1v) is 17.9. The van der Waals surface area contributed by atoms with E-state index in [1.807, 2.05) is 48.5 Å². The van der Waals surface area contributed by atoms with Crippen LogP contribution < -0.4 is 0 Å². The van der Waals surface area contributed by atoms with Crippen LogP contribution in [0, 0.1) is 0 Å². The van der Waals surface area contributed by atoms with Gasteiger partial charge in [0.15, 0.2) is 0 Å². The maximum atomic E-state index is 6.08. The van der Waals surface area contributed by atoms with Crippen LogP contribution in [0.3, 0.4) is 0 Å². The van der Waals surface area contributed by atoms with Gasteiger partial charge in [0.2, 0.25) is 23.6 Å². The van der Waals surface area contributed by atoms with Crippen molar-refractivity contribution in [2.75, 3.05) is 0 Å². The van der Waals surface area contributed by atoms with E-state index in [1.54, 1.807) is 0 Å². The maximum Gasteiger partial charge on any atom is 0.248 e. The van der Waals surface area contributed by atoms with E-state index in [0.717, 1.165) is 62.1 Å². The Balaban J connectivity index is 0.909. The lowest BCUT2D eigenvalue weighted by molar-refractivity contribution is 0.584. The van der Waals surface area contributed by atoms with Gasteiger partial charge < -0.3 is 8.83 Å². The first kappa shape index (κ1) is 33.5. The van der Waals surface area contributed by atoms with Gasteiger partial charge >= 0.3 is 0 Å². The van der Waals surface area contributed by atoms with Crippen molar-refractivity contribution in [3.8, 4) is 79.2 Å². The molecule has 0 aliphatic carbocycles. The second-order valence-electron chi connectivity index (χ2n) is 13.4. The van der Waals surface area contributed by atoms with Gasteiger partial charge in [0.1, 0.15) is 0 Å². The van der Waals surface area contributed by atoms with E-state index in [1.165, 1.54) is 16.7 Å². The van der Waals surface area contributed by atoms with Gasteiger partial charge in [0.05, 0.1) is 0 Å². The topological polar surface area (TPSA) is 77.8 Å². The molecule has 0 unspecified atom stereocenters. The Labute approximate surface area is 309 Å². The molecule has 0 fully saturated rings. The van der Waals surface area contributed by atoms with Crippen molar-refractivity contribution in [1.29, 1.82) is 0 Å². The molecule has 0 atom stereocenters. The van der Waals surface area contributed by atoms with Gasteiger partial charge in [-0.05, 0) is 111 Å². The molecule has 0 N–H and O–H groups in total. The smallest absolute Gasteiger partial charge is 0.248 e. The molecular weight excluding hydrogens is 653 g/mol. The highest BCUT2D eigenvalue weighted by molar-refractivity contribution is 5.73. The van der Waals surface area contributed by atoms with Gasteiger partial charge in [0, 0.05) is 22.3 Å². The lowest BCUT2D eigenvalue weighted by atomic mass is 9.98. The molecule has 0 spiro atoms. The SMILES string of the molecule is C=C(CC)c1ccc(-c2ccc(-c3nnc(-c4ccc(-c5ccc(-c6nnc(-c7ccc(-c8ccc(C(C)C)cc8)cc7)o6)cc5)cc4)o3)cc2)cc1. The number of rotatable bonds is 10. The molecule has 6 heteroatoms. The second-order valence-corrected chi connectivity index (χ2v) is 13.4. The number of benzene rings is 6. The minimum absolute atomic E-state index is 0.472. The van der Waals surface area contributed by atoms with Gasteiger partial charge in [0.25, 0.3) is 0 Å². The van der Waals surface area contributed by atoms with Gasteiger partial charge in [-0.3, -0.25) is 0 Å². The molecule has 0 amide bonds. The lowest BCUT2D eigenvalue weighted by Crippen LogP contribution is -1.87. The third kappa shape index (κ3) is 7.12. The summed E-state index contributed by atoms with van der Waals surface area (Å²) in [7, 11) is 0. The van der Waals surface area contributed by atoms with E-state index in [4.69, 9.17) is 8.83 Å². The van der Waals surface area contributed by atoms with Crippen molar-refractivity contribution in [1.82, 2.24) is 20.4 Å². The predicted octanol–water partition coefficient (Wildman–Crippen LogP) is 12.7. The molecule has 6 nitrogen and oxygen atoms in total. The lowest BCUT2D eigenvalue weighted by Gasteiger charge is -2.07. The van der Waals surface area contributed by atoms with Gasteiger partial charge in [-0.25, -0.2) is 0 Å². The normalized spacial score (nSPS) is 11.2. The molecule has 0 bridgehead atoms. The minimum atomic E-state index is 0.472. The molecule has 0 radical (unpaired) electrons. The fourth-order valence-corrected chi connectivity index (χ4v) is 6.30. The van der Waals surface area contributed by atoms with Crippen molar-refractivity contribution in [3.05, 3.63) is 163 Å². The Bertz CT molecular complexity index is 2470.